The van der Waals surface area contributed by atoms with Gasteiger partial charge in [-0.1, -0.05) is 0 Å². The van der Waals surface area contributed by atoms with Gasteiger partial charge in [0.05, 0.1) is 5.56 Å². The zero-order chi connectivity index (χ0) is 13.7. The van der Waals surface area contributed by atoms with Crippen LogP contribution in [-0.4, -0.2) is 18.6 Å². The van der Waals surface area contributed by atoms with Crippen LogP contribution in [0.4, 0.5) is 11.4 Å². The number of aromatic nitrogens is 1. The Morgan fingerprint density at radius 2 is 2.00 bits per heavy atom. The Balaban J connectivity index is 2.04. The summed E-state index contributed by atoms with van der Waals surface area (Å²) in [5.74, 6) is 0. The van der Waals surface area contributed by atoms with Crippen LogP contribution in [0.15, 0.2) is 42.7 Å². The number of rotatable bonds is 4. The van der Waals surface area contributed by atoms with Crippen molar-refractivity contribution in [3.63, 3.8) is 0 Å². The quantitative estimate of drug-likeness (QED) is 0.847. The number of anilines is 2. The normalized spacial score (nSPS) is 9.89. The van der Waals surface area contributed by atoms with Crippen LogP contribution >= 0.6 is 0 Å². The molecule has 19 heavy (non-hydrogen) atoms. The molecule has 0 saturated carbocycles. The molecule has 0 atom stereocenters. The van der Waals surface area contributed by atoms with Gasteiger partial charge in [-0.3, -0.25) is 4.98 Å². The summed E-state index contributed by atoms with van der Waals surface area (Å²) in [6, 6.07) is 11.7. The van der Waals surface area contributed by atoms with E-state index in [0.717, 1.165) is 18.7 Å². The molecule has 4 nitrogen and oxygen atoms in total. The lowest BCUT2D eigenvalue weighted by Gasteiger charge is -2.19. The van der Waals surface area contributed by atoms with Crippen molar-refractivity contribution in [2.45, 2.75) is 6.42 Å². The van der Waals surface area contributed by atoms with E-state index in [1.165, 1.54) is 5.56 Å². The maximum Gasteiger partial charge on any atom is 0.101 e. The van der Waals surface area contributed by atoms with Crippen LogP contribution in [0, 0.1) is 11.3 Å². The average Bonchev–Trinajstić information content (AvgIpc) is 2.46. The van der Waals surface area contributed by atoms with Crippen LogP contribution in [0.1, 0.15) is 11.1 Å². The first-order valence-corrected chi connectivity index (χ1v) is 6.10. The van der Waals surface area contributed by atoms with E-state index in [0.29, 0.717) is 11.3 Å². The molecule has 2 aromatic rings. The molecule has 0 radical (unpaired) electrons. The van der Waals surface area contributed by atoms with Gasteiger partial charge in [0.15, 0.2) is 0 Å². The highest BCUT2D eigenvalue weighted by molar-refractivity contribution is 5.62. The Kier molecular flexibility index (Phi) is 3.99. The van der Waals surface area contributed by atoms with Crippen LogP contribution in [0.3, 0.4) is 0 Å². The minimum Gasteiger partial charge on any atom is -0.398 e. The van der Waals surface area contributed by atoms with E-state index >= 15 is 0 Å². The summed E-state index contributed by atoms with van der Waals surface area (Å²) < 4.78 is 0. The van der Waals surface area contributed by atoms with E-state index < -0.39 is 0 Å². The summed E-state index contributed by atoms with van der Waals surface area (Å²) in [6.07, 6.45) is 4.53. The van der Waals surface area contributed by atoms with Gasteiger partial charge in [0.25, 0.3) is 0 Å². The lowest BCUT2D eigenvalue weighted by atomic mass is 10.1. The second-order valence-electron chi connectivity index (χ2n) is 4.41. The molecule has 0 aliphatic heterocycles. The van der Waals surface area contributed by atoms with Gasteiger partial charge in [0.2, 0.25) is 0 Å². The predicted octanol–water partition coefficient (Wildman–Crippen LogP) is 2.21. The molecule has 0 aliphatic rings. The Morgan fingerprint density at radius 1 is 1.26 bits per heavy atom. The van der Waals surface area contributed by atoms with Gasteiger partial charge in [0.1, 0.15) is 6.07 Å². The van der Waals surface area contributed by atoms with Crippen molar-refractivity contribution in [3.8, 4) is 6.07 Å². The number of likely N-dealkylation sites (N-methyl/N-ethyl adjacent to an activating group) is 1. The maximum atomic E-state index is 8.98. The predicted molar refractivity (Wildman–Crippen MR) is 76.8 cm³/mol. The van der Waals surface area contributed by atoms with Crippen molar-refractivity contribution in [1.29, 1.82) is 5.26 Å². The van der Waals surface area contributed by atoms with E-state index in [2.05, 4.69) is 16.0 Å². The highest BCUT2D eigenvalue weighted by Gasteiger charge is 2.05. The summed E-state index contributed by atoms with van der Waals surface area (Å²) in [4.78, 5) is 6.11. The van der Waals surface area contributed by atoms with Crippen molar-refractivity contribution in [2.75, 3.05) is 24.2 Å². The van der Waals surface area contributed by atoms with Gasteiger partial charge in [-0.2, -0.15) is 5.26 Å². The number of hydrogen-bond donors (Lipinski definition) is 1. The standard InChI is InChI=1S/C15H16N4/c1-19(9-6-12-4-7-18-8-5-12)14-2-3-15(17)13(10-14)11-16/h2-5,7-8,10H,6,9,17H2,1H3. The van der Waals surface area contributed by atoms with Gasteiger partial charge in [-0.25, -0.2) is 0 Å². The Morgan fingerprint density at radius 3 is 2.68 bits per heavy atom. The average molecular weight is 252 g/mol. The Bertz CT molecular complexity index is 587. The van der Waals surface area contributed by atoms with Crippen LogP contribution in [0.2, 0.25) is 0 Å². The van der Waals surface area contributed by atoms with E-state index in [1.807, 2.05) is 31.3 Å². The molecule has 2 rings (SSSR count). The first-order valence-electron chi connectivity index (χ1n) is 6.10. The lowest BCUT2D eigenvalue weighted by Crippen LogP contribution is -2.20. The molecule has 0 fully saturated rings. The first kappa shape index (κ1) is 12.9. The lowest BCUT2D eigenvalue weighted by molar-refractivity contribution is 0.875. The van der Waals surface area contributed by atoms with E-state index in [-0.39, 0.29) is 0 Å². The third kappa shape index (κ3) is 3.23. The van der Waals surface area contributed by atoms with E-state index in [9.17, 15) is 0 Å². The van der Waals surface area contributed by atoms with E-state index in [4.69, 9.17) is 11.0 Å². The second-order valence-corrected chi connectivity index (χ2v) is 4.41. The Labute approximate surface area is 113 Å². The molecule has 1 aromatic carbocycles. The molecule has 0 spiro atoms. The number of benzene rings is 1. The molecule has 0 amide bonds. The molecular weight excluding hydrogens is 236 g/mol. The fraction of sp³-hybridized carbons (Fsp3) is 0.200. The van der Waals surface area contributed by atoms with Crippen LogP contribution in [0.5, 0.6) is 0 Å². The highest BCUT2D eigenvalue weighted by Crippen LogP contribution is 2.19. The number of nitrogen functional groups attached to an aromatic ring is 1. The van der Waals surface area contributed by atoms with Crippen LogP contribution < -0.4 is 10.6 Å². The number of hydrogen-bond acceptors (Lipinski definition) is 4. The van der Waals surface area contributed by atoms with Crippen molar-refractivity contribution in [3.05, 3.63) is 53.9 Å². The zero-order valence-corrected chi connectivity index (χ0v) is 10.9. The SMILES string of the molecule is CN(CCc1ccncc1)c1ccc(N)c(C#N)c1. The number of nitrogens with two attached hydrogens (primary N) is 1. The summed E-state index contributed by atoms with van der Waals surface area (Å²) >= 11 is 0. The Hall–Kier alpha value is -2.54. The van der Waals surface area contributed by atoms with Gasteiger partial charge >= 0.3 is 0 Å². The number of pyridine rings is 1. The summed E-state index contributed by atoms with van der Waals surface area (Å²) in [5, 5.41) is 8.98. The molecular formula is C15H16N4. The van der Waals surface area contributed by atoms with Gasteiger partial charge < -0.3 is 10.6 Å². The largest absolute Gasteiger partial charge is 0.398 e. The van der Waals surface area contributed by atoms with Crippen LogP contribution in [0.25, 0.3) is 0 Å². The number of nitriles is 1. The van der Waals surface area contributed by atoms with Crippen molar-refractivity contribution in [1.82, 2.24) is 4.98 Å². The molecule has 0 saturated heterocycles. The molecule has 0 bridgehead atoms. The maximum absolute atomic E-state index is 8.98. The topological polar surface area (TPSA) is 65.9 Å². The highest BCUT2D eigenvalue weighted by atomic mass is 15.1. The number of nitrogens with zero attached hydrogens (tertiary/aromatic N) is 3. The van der Waals surface area contributed by atoms with Crippen LogP contribution in [-0.2, 0) is 6.42 Å². The third-order valence-corrected chi connectivity index (χ3v) is 3.08. The van der Waals surface area contributed by atoms with Gasteiger partial charge in [-0.05, 0) is 42.3 Å². The van der Waals surface area contributed by atoms with E-state index in [1.54, 1.807) is 18.5 Å². The van der Waals surface area contributed by atoms with Gasteiger partial charge in [-0.15, -0.1) is 0 Å². The smallest absolute Gasteiger partial charge is 0.101 e. The second kappa shape index (κ2) is 5.87. The summed E-state index contributed by atoms with van der Waals surface area (Å²) in [6.45, 7) is 0.874. The molecule has 1 heterocycles. The monoisotopic (exact) mass is 252 g/mol. The molecule has 0 aliphatic carbocycles. The minimum atomic E-state index is 0.522. The molecule has 96 valence electrons. The third-order valence-electron chi connectivity index (χ3n) is 3.08. The summed E-state index contributed by atoms with van der Waals surface area (Å²) in [7, 11) is 2.01. The fourth-order valence-electron chi connectivity index (χ4n) is 1.85. The minimum absolute atomic E-state index is 0.522. The van der Waals surface area contributed by atoms with Crippen molar-refractivity contribution >= 4 is 11.4 Å². The molecule has 0 unspecified atom stereocenters. The molecule has 2 N–H and O–H groups in total. The fourth-order valence-corrected chi connectivity index (χ4v) is 1.85. The van der Waals surface area contributed by atoms with Crippen molar-refractivity contribution < 1.29 is 0 Å². The molecule has 4 heteroatoms. The van der Waals surface area contributed by atoms with Gasteiger partial charge in [0, 0.05) is 37.4 Å². The van der Waals surface area contributed by atoms with Crippen molar-refractivity contribution in [2.24, 2.45) is 0 Å². The first-order chi connectivity index (χ1) is 9.20. The molecule has 1 aromatic heterocycles. The summed E-state index contributed by atoms with van der Waals surface area (Å²) in [5.41, 5.74) is 9.01. The zero-order valence-electron chi connectivity index (χ0n) is 10.9.